The third-order valence-corrected chi connectivity index (χ3v) is 7.12. The SMILES string of the molecule is CN(C(=O)CCC1CCCC1)c1cccc(-c2ccc(C3SC(=O)NC3=O)cc2)c1. The van der Waals surface area contributed by atoms with Gasteiger partial charge in [-0.15, -0.1) is 0 Å². The zero-order chi connectivity index (χ0) is 21.1. The summed E-state index contributed by atoms with van der Waals surface area (Å²) in [7, 11) is 1.84. The number of amides is 3. The summed E-state index contributed by atoms with van der Waals surface area (Å²) in [6, 6.07) is 15.6. The van der Waals surface area contributed by atoms with Crippen molar-refractivity contribution in [2.75, 3.05) is 11.9 Å². The molecule has 1 atom stereocenters. The van der Waals surface area contributed by atoms with E-state index in [1.807, 2.05) is 55.6 Å². The average molecular weight is 423 g/mol. The molecule has 0 aromatic heterocycles. The summed E-state index contributed by atoms with van der Waals surface area (Å²) in [5, 5.41) is 1.53. The molecule has 1 saturated carbocycles. The number of hydrogen-bond acceptors (Lipinski definition) is 4. The zero-order valence-corrected chi connectivity index (χ0v) is 17.9. The Morgan fingerprint density at radius 2 is 1.80 bits per heavy atom. The number of imide groups is 1. The lowest BCUT2D eigenvalue weighted by Crippen LogP contribution is -2.26. The molecule has 30 heavy (non-hydrogen) atoms. The van der Waals surface area contributed by atoms with E-state index in [1.54, 1.807) is 4.90 Å². The maximum absolute atomic E-state index is 12.7. The fourth-order valence-electron chi connectivity index (χ4n) is 4.26. The van der Waals surface area contributed by atoms with E-state index in [2.05, 4.69) is 5.32 Å². The third kappa shape index (κ3) is 4.59. The molecule has 1 N–H and O–H groups in total. The van der Waals surface area contributed by atoms with Crippen molar-refractivity contribution < 1.29 is 14.4 Å². The minimum absolute atomic E-state index is 0.156. The summed E-state index contributed by atoms with van der Waals surface area (Å²) in [5.41, 5.74) is 3.70. The van der Waals surface area contributed by atoms with Crippen molar-refractivity contribution >= 4 is 34.5 Å². The molecular formula is C24H26N2O3S. The van der Waals surface area contributed by atoms with Gasteiger partial charge in [0, 0.05) is 19.2 Å². The van der Waals surface area contributed by atoms with Crippen LogP contribution in [0.2, 0.25) is 0 Å². The van der Waals surface area contributed by atoms with E-state index >= 15 is 0 Å². The lowest BCUT2D eigenvalue weighted by Gasteiger charge is -2.19. The van der Waals surface area contributed by atoms with Crippen LogP contribution in [-0.4, -0.2) is 24.1 Å². The van der Waals surface area contributed by atoms with E-state index < -0.39 is 5.25 Å². The molecule has 1 aliphatic carbocycles. The highest BCUT2D eigenvalue weighted by Gasteiger charge is 2.32. The molecule has 0 radical (unpaired) electrons. The number of carbonyl (C=O) groups is 3. The molecule has 2 aromatic rings. The Bertz CT molecular complexity index is 951. The second kappa shape index (κ2) is 9.04. The molecule has 2 fully saturated rings. The van der Waals surface area contributed by atoms with Crippen LogP contribution in [0.1, 0.15) is 49.3 Å². The van der Waals surface area contributed by atoms with Crippen LogP contribution in [0, 0.1) is 5.92 Å². The standard InChI is InChI=1S/C24H26N2O3S/c1-26(21(27)14-9-16-5-2-3-6-16)20-8-4-7-19(15-20)17-10-12-18(13-11-17)22-23(28)25-24(29)30-22/h4,7-8,10-13,15-16,22H,2-3,5-6,9,14H2,1H3,(H,25,28,29). The van der Waals surface area contributed by atoms with Crippen LogP contribution in [-0.2, 0) is 9.59 Å². The third-order valence-electron chi connectivity index (χ3n) is 6.08. The highest BCUT2D eigenvalue weighted by molar-refractivity contribution is 8.15. The number of rotatable bonds is 6. The maximum atomic E-state index is 12.7. The van der Waals surface area contributed by atoms with Gasteiger partial charge in [-0.3, -0.25) is 19.7 Å². The van der Waals surface area contributed by atoms with Gasteiger partial charge in [-0.1, -0.05) is 62.1 Å². The number of anilines is 1. The zero-order valence-electron chi connectivity index (χ0n) is 17.1. The number of benzene rings is 2. The van der Waals surface area contributed by atoms with Crippen LogP contribution in [0.15, 0.2) is 48.5 Å². The van der Waals surface area contributed by atoms with Gasteiger partial charge in [0.2, 0.25) is 11.8 Å². The van der Waals surface area contributed by atoms with Crippen LogP contribution >= 0.6 is 11.8 Å². The predicted octanol–water partition coefficient (Wildman–Crippen LogP) is 5.31. The highest BCUT2D eigenvalue weighted by Crippen LogP contribution is 2.35. The van der Waals surface area contributed by atoms with Crippen LogP contribution in [0.3, 0.4) is 0 Å². The Labute approximate surface area is 181 Å². The largest absolute Gasteiger partial charge is 0.315 e. The van der Waals surface area contributed by atoms with Crippen molar-refractivity contribution in [2.45, 2.75) is 43.8 Å². The lowest BCUT2D eigenvalue weighted by molar-refractivity contribution is -0.119. The monoisotopic (exact) mass is 422 g/mol. The van der Waals surface area contributed by atoms with Crippen molar-refractivity contribution in [1.29, 1.82) is 0 Å². The van der Waals surface area contributed by atoms with Crippen LogP contribution < -0.4 is 10.2 Å². The number of nitrogens with one attached hydrogen (secondary N) is 1. The van der Waals surface area contributed by atoms with E-state index in [0.29, 0.717) is 12.3 Å². The molecule has 6 heteroatoms. The predicted molar refractivity (Wildman–Crippen MR) is 120 cm³/mol. The molecule has 1 aliphatic heterocycles. The molecule has 1 unspecified atom stereocenters. The van der Waals surface area contributed by atoms with Crippen LogP contribution in [0.4, 0.5) is 10.5 Å². The second-order valence-corrected chi connectivity index (χ2v) is 9.17. The molecule has 156 valence electrons. The Morgan fingerprint density at radius 3 is 2.47 bits per heavy atom. The van der Waals surface area contributed by atoms with Crippen LogP contribution in [0.25, 0.3) is 11.1 Å². The van der Waals surface area contributed by atoms with E-state index in [0.717, 1.165) is 40.6 Å². The molecule has 5 nitrogen and oxygen atoms in total. The first-order valence-corrected chi connectivity index (χ1v) is 11.4. The van der Waals surface area contributed by atoms with Gasteiger partial charge in [0.1, 0.15) is 5.25 Å². The molecule has 2 aliphatic rings. The molecule has 0 bridgehead atoms. The van der Waals surface area contributed by atoms with Gasteiger partial charge in [-0.2, -0.15) is 0 Å². The van der Waals surface area contributed by atoms with Crippen molar-refractivity contribution in [1.82, 2.24) is 5.32 Å². The summed E-state index contributed by atoms with van der Waals surface area (Å²) in [6.45, 7) is 0. The number of thioether (sulfide) groups is 1. The fraction of sp³-hybridized carbons (Fsp3) is 0.375. The molecule has 2 aromatic carbocycles. The van der Waals surface area contributed by atoms with E-state index in [1.165, 1.54) is 25.7 Å². The summed E-state index contributed by atoms with van der Waals surface area (Å²) in [6.07, 6.45) is 6.71. The number of nitrogens with zero attached hydrogens (tertiary/aromatic N) is 1. The van der Waals surface area contributed by atoms with E-state index in [-0.39, 0.29) is 17.1 Å². The lowest BCUT2D eigenvalue weighted by atomic mass is 10.0. The van der Waals surface area contributed by atoms with E-state index in [9.17, 15) is 14.4 Å². The van der Waals surface area contributed by atoms with Crippen molar-refractivity contribution in [3.63, 3.8) is 0 Å². The van der Waals surface area contributed by atoms with Crippen molar-refractivity contribution in [3.05, 3.63) is 54.1 Å². The highest BCUT2D eigenvalue weighted by atomic mass is 32.2. The molecule has 3 amide bonds. The van der Waals surface area contributed by atoms with Crippen LogP contribution in [0.5, 0.6) is 0 Å². The average Bonchev–Trinajstić information content (AvgIpc) is 3.40. The van der Waals surface area contributed by atoms with Gasteiger partial charge in [0.25, 0.3) is 5.24 Å². The second-order valence-electron chi connectivity index (χ2n) is 8.09. The van der Waals surface area contributed by atoms with Crippen molar-refractivity contribution in [2.24, 2.45) is 5.92 Å². The van der Waals surface area contributed by atoms with Gasteiger partial charge in [-0.25, -0.2) is 0 Å². The molecule has 4 rings (SSSR count). The quantitative estimate of drug-likeness (QED) is 0.685. The Morgan fingerprint density at radius 1 is 1.07 bits per heavy atom. The summed E-state index contributed by atoms with van der Waals surface area (Å²) >= 11 is 1.01. The normalized spacial score (nSPS) is 19.2. The summed E-state index contributed by atoms with van der Waals surface area (Å²) in [4.78, 5) is 37.7. The first-order valence-electron chi connectivity index (χ1n) is 10.5. The molecular weight excluding hydrogens is 396 g/mol. The molecule has 1 saturated heterocycles. The molecule has 1 heterocycles. The van der Waals surface area contributed by atoms with Gasteiger partial charge < -0.3 is 4.90 Å². The van der Waals surface area contributed by atoms with Crippen molar-refractivity contribution in [3.8, 4) is 11.1 Å². The summed E-state index contributed by atoms with van der Waals surface area (Å²) < 4.78 is 0. The minimum atomic E-state index is -0.485. The summed E-state index contributed by atoms with van der Waals surface area (Å²) in [5.74, 6) is 0.600. The first kappa shape index (κ1) is 20.7. The minimum Gasteiger partial charge on any atom is -0.315 e. The maximum Gasteiger partial charge on any atom is 0.286 e. The van der Waals surface area contributed by atoms with Gasteiger partial charge >= 0.3 is 0 Å². The first-order chi connectivity index (χ1) is 14.5. The molecule has 0 spiro atoms. The number of carbonyl (C=O) groups excluding carboxylic acids is 3. The number of hydrogen-bond donors (Lipinski definition) is 1. The Kier molecular flexibility index (Phi) is 6.23. The van der Waals surface area contributed by atoms with Gasteiger partial charge in [-0.05, 0) is 52.9 Å². The van der Waals surface area contributed by atoms with Gasteiger partial charge in [0.05, 0.1) is 0 Å². The fourth-order valence-corrected chi connectivity index (χ4v) is 5.09. The van der Waals surface area contributed by atoms with Gasteiger partial charge in [0.15, 0.2) is 0 Å². The Balaban J connectivity index is 1.44. The smallest absolute Gasteiger partial charge is 0.286 e. The topological polar surface area (TPSA) is 66.5 Å². The van der Waals surface area contributed by atoms with E-state index in [4.69, 9.17) is 0 Å². The Hall–Kier alpha value is -2.60.